The van der Waals surface area contributed by atoms with Gasteiger partial charge in [0.1, 0.15) is 5.75 Å². The summed E-state index contributed by atoms with van der Waals surface area (Å²) in [6, 6.07) is 17.3. The Balaban J connectivity index is 1.80. The first-order chi connectivity index (χ1) is 13.1. The van der Waals surface area contributed by atoms with Crippen molar-refractivity contribution in [1.29, 1.82) is 0 Å². The maximum Gasteiger partial charge on any atom is 0.262 e. The number of ether oxygens (including phenoxy) is 1. The molecular formula is C22H21N3O2. The minimum atomic E-state index is -0.373. The number of anilines is 2. The molecule has 5 nitrogen and oxygen atoms in total. The van der Waals surface area contributed by atoms with Crippen molar-refractivity contribution in [2.45, 2.75) is 20.0 Å². The number of hydrogen-bond donors (Lipinski definition) is 1. The Bertz CT molecular complexity index is 978. The fraction of sp³-hybridized carbons (Fsp3) is 0.182. The smallest absolute Gasteiger partial charge is 0.262 e. The van der Waals surface area contributed by atoms with Gasteiger partial charge in [0.25, 0.3) is 5.91 Å². The number of para-hydroxylation sites is 1. The molecule has 1 N–H and O–H groups in total. The highest BCUT2D eigenvalue weighted by Gasteiger charge is 2.39. The normalized spacial score (nSPS) is 15.6. The molecule has 1 amide bonds. The van der Waals surface area contributed by atoms with Crippen LogP contribution in [-0.2, 0) is 0 Å². The van der Waals surface area contributed by atoms with Gasteiger partial charge in [-0.3, -0.25) is 14.7 Å². The van der Waals surface area contributed by atoms with Crippen LogP contribution in [0.4, 0.5) is 11.4 Å². The van der Waals surface area contributed by atoms with Crippen molar-refractivity contribution in [3.8, 4) is 5.75 Å². The zero-order valence-corrected chi connectivity index (χ0v) is 15.6. The van der Waals surface area contributed by atoms with Crippen LogP contribution >= 0.6 is 0 Å². The maximum atomic E-state index is 13.1. The van der Waals surface area contributed by atoms with E-state index in [1.54, 1.807) is 24.3 Å². The van der Waals surface area contributed by atoms with Gasteiger partial charge in [-0.1, -0.05) is 18.2 Å². The van der Waals surface area contributed by atoms with Crippen molar-refractivity contribution in [2.24, 2.45) is 0 Å². The summed E-state index contributed by atoms with van der Waals surface area (Å²) in [6.07, 6.45) is 1.35. The third kappa shape index (κ3) is 2.91. The first-order valence-electron chi connectivity index (χ1n) is 8.85. The van der Waals surface area contributed by atoms with Crippen LogP contribution < -0.4 is 15.0 Å². The molecule has 0 unspecified atom stereocenters. The molecule has 0 saturated carbocycles. The Morgan fingerprint density at radius 1 is 1.00 bits per heavy atom. The van der Waals surface area contributed by atoms with Gasteiger partial charge in [0.2, 0.25) is 0 Å². The van der Waals surface area contributed by atoms with Gasteiger partial charge >= 0.3 is 0 Å². The third-order valence-electron chi connectivity index (χ3n) is 4.92. The van der Waals surface area contributed by atoms with Gasteiger partial charge in [0.15, 0.2) is 6.17 Å². The van der Waals surface area contributed by atoms with Crippen LogP contribution in [0.3, 0.4) is 0 Å². The van der Waals surface area contributed by atoms with Crippen LogP contribution in [0.5, 0.6) is 5.75 Å². The molecule has 0 saturated heterocycles. The Kier molecular flexibility index (Phi) is 4.28. The summed E-state index contributed by atoms with van der Waals surface area (Å²) < 4.78 is 5.24. The number of hydrogen-bond acceptors (Lipinski definition) is 4. The Labute approximate surface area is 158 Å². The van der Waals surface area contributed by atoms with E-state index < -0.39 is 0 Å². The highest BCUT2D eigenvalue weighted by Crippen LogP contribution is 2.38. The lowest BCUT2D eigenvalue weighted by molar-refractivity contribution is 0.0993. The summed E-state index contributed by atoms with van der Waals surface area (Å²) in [4.78, 5) is 19.4. The summed E-state index contributed by atoms with van der Waals surface area (Å²) >= 11 is 0. The molecule has 1 aliphatic heterocycles. The fourth-order valence-corrected chi connectivity index (χ4v) is 3.51. The van der Waals surface area contributed by atoms with Crippen LogP contribution in [-0.4, -0.2) is 18.0 Å². The van der Waals surface area contributed by atoms with Crippen LogP contribution in [0.25, 0.3) is 0 Å². The van der Waals surface area contributed by atoms with E-state index in [1.165, 1.54) is 0 Å². The van der Waals surface area contributed by atoms with Crippen molar-refractivity contribution < 1.29 is 9.53 Å². The molecule has 0 aliphatic carbocycles. The summed E-state index contributed by atoms with van der Waals surface area (Å²) in [5.74, 6) is 0.687. The number of amides is 1. The molecule has 0 radical (unpaired) electrons. The zero-order chi connectivity index (χ0) is 19.0. The van der Waals surface area contributed by atoms with Crippen LogP contribution in [0.1, 0.15) is 33.3 Å². The Morgan fingerprint density at radius 3 is 2.37 bits per heavy atom. The average molecular weight is 359 g/mol. The second-order valence-corrected chi connectivity index (χ2v) is 6.62. The lowest BCUT2D eigenvalue weighted by Gasteiger charge is -2.28. The molecular weight excluding hydrogens is 338 g/mol. The molecule has 0 fully saturated rings. The first kappa shape index (κ1) is 17.1. The molecule has 136 valence electrons. The van der Waals surface area contributed by atoms with E-state index in [1.807, 2.05) is 36.4 Å². The van der Waals surface area contributed by atoms with Crippen molar-refractivity contribution in [2.75, 3.05) is 17.3 Å². The molecule has 2 aromatic carbocycles. The van der Waals surface area contributed by atoms with E-state index in [-0.39, 0.29) is 12.1 Å². The number of methoxy groups -OCH3 is 1. The molecule has 3 aromatic rings. The topological polar surface area (TPSA) is 54.5 Å². The second-order valence-electron chi connectivity index (χ2n) is 6.62. The van der Waals surface area contributed by atoms with Crippen molar-refractivity contribution in [3.63, 3.8) is 0 Å². The lowest BCUT2D eigenvalue weighted by Crippen LogP contribution is -2.32. The van der Waals surface area contributed by atoms with Crippen LogP contribution in [0, 0.1) is 13.8 Å². The standard InChI is InChI=1S/C22H21N3O2/c1-14-6-4-7-15(2)19(14)24-21-20-18(8-5-13-23-20)22(26)25(21)16-9-11-17(27-3)12-10-16/h4-13,21,24H,1-3H3/t21-/m1/s1. The number of fused-ring (bicyclic) bond motifs is 1. The van der Waals surface area contributed by atoms with Gasteiger partial charge < -0.3 is 10.1 Å². The van der Waals surface area contributed by atoms with Crippen molar-refractivity contribution >= 4 is 17.3 Å². The van der Waals surface area contributed by atoms with Gasteiger partial charge in [-0.15, -0.1) is 0 Å². The van der Waals surface area contributed by atoms with E-state index in [2.05, 4.69) is 36.3 Å². The largest absolute Gasteiger partial charge is 0.497 e. The molecule has 5 heteroatoms. The number of aromatic nitrogens is 1. The lowest BCUT2D eigenvalue weighted by atomic mass is 10.1. The monoisotopic (exact) mass is 359 g/mol. The maximum absolute atomic E-state index is 13.1. The number of nitrogens with zero attached hydrogens (tertiary/aromatic N) is 2. The molecule has 27 heavy (non-hydrogen) atoms. The first-order valence-corrected chi connectivity index (χ1v) is 8.85. The minimum Gasteiger partial charge on any atom is -0.497 e. The molecule has 1 aliphatic rings. The zero-order valence-electron chi connectivity index (χ0n) is 15.6. The number of carbonyl (C=O) groups is 1. The van der Waals surface area contributed by atoms with Gasteiger partial charge in [0.05, 0.1) is 18.4 Å². The predicted molar refractivity (Wildman–Crippen MR) is 106 cm³/mol. The Morgan fingerprint density at radius 2 is 1.70 bits per heavy atom. The predicted octanol–water partition coefficient (Wildman–Crippen LogP) is 4.48. The van der Waals surface area contributed by atoms with Gasteiger partial charge in [0, 0.05) is 17.6 Å². The van der Waals surface area contributed by atoms with E-state index in [9.17, 15) is 4.79 Å². The molecule has 0 bridgehead atoms. The number of pyridine rings is 1. The molecule has 4 rings (SSSR count). The molecule has 1 atom stereocenters. The molecule has 2 heterocycles. The summed E-state index contributed by atoms with van der Waals surface area (Å²) in [6.45, 7) is 4.12. The molecule has 0 spiro atoms. The number of carbonyl (C=O) groups excluding carboxylic acids is 1. The average Bonchev–Trinajstić information content (AvgIpc) is 2.97. The summed E-state index contributed by atoms with van der Waals surface area (Å²) in [5.41, 5.74) is 5.43. The third-order valence-corrected chi connectivity index (χ3v) is 4.92. The molecule has 1 aromatic heterocycles. The summed E-state index contributed by atoms with van der Waals surface area (Å²) in [7, 11) is 1.63. The number of aryl methyl sites for hydroxylation is 2. The van der Waals surface area contributed by atoms with Gasteiger partial charge in [-0.25, -0.2) is 0 Å². The number of benzene rings is 2. The van der Waals surface area contributed by atoms with E-state index in [4.69, 9.17) is 4.74 Å². The number of nitrogens with one attached hydrogen (secondary N) is 1. The van der Waals surface area contributed by atoms with Gasteiger partial charge in [-0.2, -0.15) is 0 Å². The van der Waals surface area contributed by atoms with Crippen molar-refractivity contribution in [1.82, 2.24) is 4.98 Å². The Hall–Kier alpha value is -3.34. The van der Waals surface area contributed by atoms with Gasteiger partial charge in [-0.05, 0) is 61.4 Å². The SMILES string of the molecule is COc1ccc(N2C(=O)c3cccnc3[C@@H]2Nc2c(C)cccc2C)cc1. The van der Waals surface area contributed by atoms with E-state index in [0.717, 1.165) is 33.9 Å². The second kappa shape index (κ2) is 6.76. The quantitative estimate of drug-likeness (QED) is 0.746. The van der Waals surface area contributed by atoms with Crippen LogP contribution in [0.15, 0.2) is 60.8 Å². The van der Waals surface area contributed by atoms with Crippen molar-refractivity contribution in [3.05, 3.63) is 83.2 Å². The highest BCUT2D eigenvalue weighted by atomic mass is 16.5. The van der Waals surface area contributed by atoms with Crippen LogP contribution in [0.2, 0.25) is 0 Å². The fourth-order valence-electron chi connectivity index (χ4n) is 3.51. The van der Waals surface area contributed by atoms with E-state index in [0.29, 0.717) is 5.56 Å². The highest BCUT2D eigenvalue weighted by molar-refractivity contribution is 6.11. The number of rotatable bonds is 4. The van der Waals surface area contributed by atoms with E-state index >= 15 is 0 Å². The minimum absolute atomic E-state index is 0.0630. The summed E-state index contributed by atoms with van der Waals surface area (Å²) in [5, 5.41) is 3.55.